The Morgan fingerprint density at radius 3 is 2.89 bits per heavy atom. The van der Waals surface area contributed by atoms with Crippen LogP contribution >= 0.6 is 11.3 Å². The molecule has 10 heteroatoms. The number of fused-ring (bicyclic) bond motifs is 1. The summed E-state index contributed by atoms with van der Waals surface area (Å²) in [6.45, 7) is 2.42. The minimum absolute atomic E-state index is 0.0414. The molecule has 28 heavy (non-hydrogen) atoms. The van der Waals surface area contributed by atoms with Crippen molar-refractivity contribution in [3.63, 3.8) is 0 Å². The minimum Gasteiger partial charge on any atom is -0.367 e. The number of anilines is 1. The predicted molar refractivity (Wildman–Crippen MR) is 99.4 cm³/mol. The first-order chi connectivity index (χ1) is 13.4. The molecule has 3 atom stereocenters. The molecule has 2 aromatic heterocycles. The molecule has 0 aliphatic carbocycles. The van der Waals surface area contributed by atoms with E-state index in [2.05, 4.69) is 15.4 Å². The van der Waals surface area contributed by atoms with Crippen molar-refractivity contribution in [3.05, 3.63) is 28.3 Å². The Labute approximate surface area is 164 Å². The Morgan fingerprint density at radius 1 is 1.39 bits per heavy atom. The molecule has 1 fully saturated rings. The molecule has 0 aromatic carbocycles. The number of nitrogens with zero attached hydrogens (tertiary/aromatic N) is 4. The second kappa shape index (κ2) is 7.38. The third-order valence-corrected chi connectivity index (χ3v) is 6.12. The monoisotopic (exact) mass is 413 g/mol. The number of piperidine rings is 1. The highest BCUT2D eigenvalue weighted by Crippen LogP contribution is 2.42. The van der Waals surface area contributed by atoms with E-state index in [9.17, 15) is 18.0 Å². The average Bonchev–Trinajstić information content (AvgIpc) is 3.35. The summed E-state index contributed by atoms with van der Waals surface area (Å²) < 4.78 is 41.9. The summed E-state index contributed by atoms with van der Waals surface area (Å²) in [5.74, 6) is 0.186. The smallest absolute Gasteiger partial charge is 0.367 e. The van der Waals surface area contributed by atoms with Crippen LogP contribution in [0.1, 0.15) is 67.3 Å². The van der Waals surface area contributed by atoms with E-state index in [-0.39, 0.29) is 24.4 Å². The van der Waals surface area contributed by atoms with Crippen LogP contribution in [0, 0.1) is 0 Å². The third kappa shape index (κ3) is 3.49. The molecule has 2 aliphatic heterocycles. The van der Waals surface area contributed by atoms with Gasteiger partial charge in [-0.2, -0.15) is 18.3 Å². The van der Waals surface area contributed by atoms with Crippen LogP contribution in [-0.2, 0) is 0 Å². The Morgan fingerprint density at radius 2 is 2.21 bits per heavy atom. The molecule has 0 spiro atoms. The number of aromatic nitrogens is 3. The van der Waals surface area contributed by atoms with Crippen LogP contribution in [0.4, 0.5) is 19.0 Å². The molecule has 4 heterocycles. The third-order valence-electron chi connectivity index (χ3n) is 5.54. The lowest BCUT2D eigenvalue weighted by molar-refractivity contribution is -0.173. The van der Waals surface area contributed by atoms with Crippen LogP contribution in [-0.4, -0.2) is 44.3 Å². The van der Waals surface area contributed by atoms with Crippen LogP contribution in [0.2, 0.25) is 0 Å². The van der Waals surface area contributed by atoms with E-state index in [1.165, 1.54) is 11.3 Å². The SMILES string of the molecule is CC[C@@H]1C[C@H](C(F)(F)F)n2nc(C3CCCCN3C(=O)c3cscn3)cc2N1. The number of hydrogen-bond acceptors (Lipinski definition) is 5. The Bertz CT molecular complexity index is 835. The number of carbonyl (C=O) groups is 1. The molecule has 2 aromatic rings. The van der Waals surface area contributed by atoms with E-state index in [1.54, 1.807) is 21.9 Å². The van der Waals surface area contributed by atoms with Crippen molar-refractivity contribution in [1.29, 1.82) is 0 Å². The Balaban J connectivity index is 1.67. The van der Waals surface area contributed by atoms with E-state index in [1.807, 2.05) is 6.92 Å². The van der Waals surface area contributed by atoms with Crippen molar-refractivity contribution in [2.45, 2.75) is 63.3 Å². The molecular weight excluding hydrogens is 391 g/mol. The molecule has 6 nitrogen and oxygen atoms in total. The van der Waals surface area contributed by atoms with Crippen molar-refractivity contribution in [1.82, 2.24) is 19.7 Å². The molecule has 152 valence electrons. The zero-order valence-corrected chi connectivity index (χ0v) is 16.3. The van der Waals surface area contributed by atoms with E-state index < -0.39 is 12.2 Å². The minimum atomic E-state index is -4.36. The summed E-state index contributed by atoms with van der Waals surface area (Å²) in [5, 5.41) is 9.19. The van der Waals surface area contributed by atoms with Gasteiger partial charge in [0.1, 0.15) is 11.5 Å². The molecular formula is C18H22F3N5OS. The number of nitrogens with one attached hydrogen (secondary N) is 1. The number of carbonyl (C=O) groups excluding carboxylic acids is 1. The van der Waals surface area contributed by atoms with Crippen molar-refractivity contribution in [3.8, 4) is 0 Å². The second-order valence-corrected chi connectivity index (χ2v) is 8.04. The number of alkyl halides is 3. The average molecular weight is 413 g/mol. The van der Waals surface area contributed by atoms with Gasteiger partial charge < -0.3 is 10.2 Å². The molecule has 1 amide bonds. The first-order valence-corrected chi connectivity index (χ1v) is 10.4. The molecule has 1 N–H and O–H groups in total. The van der Waals surface area contributed by atoms with Gasteiger partial charge in [0.05, 0.1) is 17.2 Å². The first-order valence-electron chi connectivity index (χ1n) is 9.50. The summed E-state index contributed by atoms with van der Waals surface area (Å²) in [4.78, 5) is 18.6. The molecule has 0 saturated carbocycles. The van der Waals surface area contributed by atoms with Gasteiger partial charge in [0.2, 0.25) is 0 Å². The van der Waals surface area contributed by atoms with Gasteiger partial charge in [-0.15, -0.1) is 11.3 Å². The highest BCUT2D eigenvalue weighted by atomic mass is 32.1. The summed E-state index contributed by atoms with van der Waals surface area (Å²) in [6, 6.07) is -0.550. The molecule has 4 rings (SSSR count). The van der Waals surface area contributed by atoms with Crippen LogP contribution in [0.15, 0.2) is 17.0 Å². The Kier molecular flexibility index (Phi) is 5.07. The molecule has 2 aliphatic rings. The van der Waals surface area contributed by atoms with Gasteiger partial charge in [-0.3, -0.25) is 4.79 Å². The number of likely N-dealkylation sites (tertiary alicyclic amines) is 1. The maximum atomic E-state index is 13.6. The number of rotatable bonds is 3. The maximum Gasteiger partial charge on any atom is 0.410 e. The topological polar surface area (TPSA) is 63.1 Å². The van der Waals surface area contributed by atoms with Crippen molar-refractivity contribution in [2.24, 2.45) is 0 Å². The van der Waals surface area contributed by atoms with Crippen molar-refractivity contribution in [2.75, 3.05) is 11.9 Å². The maximum absolute atomic E-state index is 13.6. The summed E-state index contributed by atoms with van der Waals surface area (Å²) in [7, 11) is 0. The van der Waals surface area contributed by atoms with Crippen molar-refractivity contribution < 1.29 is 18.0 Å². The van der Waals surface area contributed by atoms with E-state index in [0.717, 1.165) is 17.5 Å². The zero-order valence-electron chi connectivity index (χ0n) is 15.4. The van der Waals surface area contributed by atoms with Crippen LogP contribution in [0.25, 0.3) is 0 Å². The fourth-order valence-corrected chi connectivity index (χ4v) is 4.57. The predicted octanol–water partition coefficient (Wildman–Crippen LogP) is 4.40. The van der Waals surface area contributed by atoms with Gasteiger partial charge in [0, 0.05) is 24.0 Å². The standard InChI is InChI=1S/C18H22F3N5OS/c1-2-11-7-15(18(19,20)21)26-16(23-11)8-12(24-26)14-5-3-4-6-25(14)17(27)13-9-28-10-22-13/h8-11,14-15,23H,2-7H2,1H3/t11-,14?,15-/m1/s1. The summed E-state index contributed by atoms with van der Waals surface area (Å²) in [5.41, 5.74) is 2.49. The van der Waals surface area contributed by atoms with Crippen LogP contribution in [0.3, 0.4) is 0 Å². The van der Waals surface area contributed by atoms with Gasteiger partial charge >= 0.3 is 6.18 Å². The molecule has 0 radical (unpaired) electrons. The van der Waals surface area contributed by atoms with Crippen LogP contribution < -0.4 is 5.32 Å². The van der Waals surface area contributed by atoms with Crippen molar-refractivity contribution >= 4 is 23.1 Å². The molecule has 1 saturated heterocycles. The van der Waals surface area contributed by atoms with Gasteiger partial charge in [0.15, 0.2) is 6.04 Å². The highest BCUT2D eigenvalue weighted by Gasteiger charge is 2.46. The van der Waals surface area contributed by atoms with E-state index in [4.69, 9.17) is 0 Å². The lowest BCUT2D eigenvalue weighted by Gasteiger charge is -2.34. The highest BCUT2D eigenvalue weighted by molar-refractivity contribution is 7.07. The normalized spacial score (nSPS) is 25.3. The molecule has 1 unspecified atom stereocenters. The largest absolute Gasteiger partial charge is 0.410 e. The van der Waals surface area contributed by atoms with Gasteiger partial charge in [-0.25, -0.2) is 9.67 Å². The first kappa shape index (κ1) is 19.2. The van der Waals surface area contributed by atoms with E-state index >= 15 is 0 Å². The number of halogens is 3. The summed E-state index contributed by atoms with van der Waals surface area (Å²) >= 11 is 1.34. The zero-order chi connectivity index (χ0) is 19.9. The van der Waals surface area contributed by atoms with Gasteiger partial charge in [-0.05, 0) is 32.1 Å². The second-order valence-electron chi connectivity index (χ2n) is 7.33. The summed E-state index contributed by atoms with van der Waals surface area (Å²) in [6.07, 6.45) is -1.36. The van der Waals surface area contributed by atoms with Crippen LogP contribution in [0.5, 0.6) is 0 Å². The lowest BCUT2D eigenvalue weighted by atomic mass is 9.98. The van der Waals surface area contributed by atoms with Gasteiger partial charge in [0.25, 0.3) is 5.91 Å². The fourth-order valence-electron chi connectivity index (χ4n) is 4.05. The van der Waals surface area contributed by atoms with Gasteiger partial charge in [-0.1, -0.05) is 6.92 Å². The quantitative estimate of drug-likeness (QED) is 0.810. The Hall–Kier alpha value is -2.10. The number of hydrogen-bond donors (Lipinski definition) is 1. The number of thiazole rings is 1. The number of amides is 1. The fraction of sp³-hybridized carbons (Fsp3) is 0.611. The van der Waals surface area contributed by atoms with E-state index in [0.29, 0.717) is 36.6 Å². The molecule has 0 bridgehead atoms. The lowest BCUT2D eigenvalue weighted by Crippen LogP contribution is -2.40.